The Kier molecular flexibility index (Phi) is 2.57. The van der Waals surface area contributed by atoms with Crippen LogP contribution >= 0.6 is 0 Å². The summed E-state index contributed by atoms with van der Waals surface area (Å²) in [5, 5.41) is -2.96. The van der Waals surface area contributed by atoms with Crippen molar-refractivity contribution < 1.29 is 24.6 Å². The minimum absolute atomic E-state index is 0.207. The van der Waals surface area contributed by atoms with E-state index in [1.165, 1.54) is 0 Å². The van der Waals surface area contributed by atoms with E-state index in [1.807, 2.05) is 0 Å². The standard InChI is InChI=1S/C2H4F6Si2/c1-2(9(3,4)5)10(6,7)8/h2H,1H3. The maximum atomic E-state index is 11.4. The second kappa shape index (κ2) is 2.57. The van der Waals surface area contributed by atoms with Gasteiger partial charge in [0.05, 0.1) is 0 Å². The molecule has 0 N–H and O–H groups in total. The average molecular weight is 198 g/mol. The Morgan fingerprint density at radius 2 is 1.00 bits per heavy atom. The Hall–Kier alpha value is 0.0138. The van der Waals surface area contributed by atoms with Gasteiger partial charge in [0.25, 0.3) is 0 Å². The lowest BCUT2D eigenvalue weighted by Gasteiger charge is -2.11. The van der Waals surface area contributed by atoms with Crippen molar-refractivity contribution in [3.63, 3.8) is 0 Å². The molecule has 8 heteroatoms. The van der Waals surface area contributed by atoms with Crippen LogP contribution in [0.1, 0.15) is 6.92 Å². The molecular weight excluding hydrogens is 194 g/mol. The summed E-state index contributed by atoms with van der Waals surface area (Å²) in [6.45, 7) is 0.207. The van der Waals surface area contributed by atoms with Crippen molar-refractivity contribution in [2.24, 2.45) is 0 Å². The number of halogens is 6. The molecule has 0 aromatic rings. The lowest BCUT2D eigenvalue weighted by Crippen LogP contribution is -2.37. The van der Waals surface area contributed by atoms with Crippen molar-refractivity contribution in [3.05, 3.63) is 0 Å². The highest BCUT2D eigenvalue weighted by atomic mass is 28.5. The zero-order chi connectivity index (χ0) is 8.58. The molecule has 0 fully saturated rings. The van der Waals surface area contributed by atoms with Crippen LogP contribution in [-0.4, -0.2) is 18.2 Å². The van der Waals surface area contributed by atoms with E-state index >= 15 is 0 Å². The van der Waals surface area contributed by atoms with Crippen LogP contribution in [-0.2, 0) is 0 Å². The molecule has 0 heterocycles. The van der Waals surface area contributed by atoms with Gasteiger partial charge >= 0.3 is 18.2 Å². The molecule has 0 atom stereocenters. The number of hydrogen-bond donors (Lipinski definition) is 0. The van der Waals surface area contributed by atoms with Crippen LogP contribution < -0.4 is 0 Å². The molecule has 0 rings (SSSR count). The number of hydrogen-bond acceptors (Lipinski definition) is 0. The lowest BCUT2D eigenvalue weighted by molar-refractivity contribution is 0.406. The second-order valence-electron chi connectivity index (χ2n) is 1.80. The summed E-state index contributed by atoms with van der Waals surface area (Å²) >= 11 is 0. The van der Waals surface area contributed by atoms with Gasteiger partial charge in [-0.05, 0) is 0 Å². The van der Waals surface area contributed by atoms with Crippen LogP contribution in [0.3, 0.4) is 0 Å². The van der Waals surface area contributed by atoms with Crippen molar-refractivity contribution in [2.75, 3.05) is 0 Å². The van der Waals surface area contributed by atoms with Gasteiger partial charge in [0.15, 0.2) is 0 Å². The summed E-state index contributed by atoms with van der Waals surface area (Å²) in [6, 6.07) is 0. The monoisotopic (exact) mass is 198 g/mol. The van der Waals surface area contributed by atoms with E-state index in [1.54, 1.807) is 0 Å². The highest BCUT2D eigenvalue weighted by molar-refractivity contribution is 6.80. The van der Waals surface area contributed by atoms with Gasteiger partial charge in [-0.1, -0.05) is 6.92 Å². The SMILES string of the molecule is CC([Si](F)(F)F)[Si](F)(F)F. The molecule has 10 heavy (non-hydrogen) atoms. The molecule has 62 valence electrons. The molecule has 0 aliphatic rings. The van der Waals surface area contributed by atoms with Crippen LogP contribution in [0.5, 0.6) is 0 Å². The summed E-state index contributed by atoms with van der Waals surface area (Å²) in [7, 11) is -12.9. The fourth-order valence-corrected chi connectivity index (χ4v) is 1.67. The predicted molar refractivity (Wildman–Crippen MR) is 27.6 cm³/mol. The zero-order valence-electron chi connectivity index (χ0n) is 4.85. The molecule has 0 amide bonds. The van der Waals surface area contributed by atoms with E-state index in [2.05, 4.69) is 0 Å². The molecule has 0 spiro atoms. The third-order valence-corrected chi connectivity index (χ3v) is 4.91. The smallest absolute Gasteiger partial charge is 0.237 e. The average Bonchev–Trinajstić information content (AvgIpc) is 1.59. The molecule has 0 aliphatic carbocycles. The Balaban J connectivity index is 4.23. The minimum Gasteiger partial charge on any atom is -0.237 e. The normalized spacial score (nSPS) is 14.4. The summed E-state index contributed by atoms with van der Waals surface area (Å²) in [4.78, 5) is 0. The molecule has 0 aromatic carbocycles. The topological polar surface area (TPSA) is 0 Å². The first-order chi connectivity index (χ1) is 4.15. The van der Waals surface area contributed by atoms with Crippen molar-refractivity contribution in [1.29, 1.82) is 0 Å². The summed E-state index contributed by atoms with van der Waals surface area (Å²) in [5.41, 5.74) is 0. The van der Waals surface area contributed by atoms with Gasteiger partial charge in [0.2, 0.25) is 0 Å². The molecule has 0 nitrogen and oxygen atoms in total. The maximum Gasteiger partial charge on any atom is 0.624 e. The summed E-state index contributed by atoms with van der Waals surface area (Å²) < 4.78 is 68.4. The van der Waals surface area contributed by atoms with Crippen LogP contribution in [0.15, 0.2) is 0 Å². The third-order valence-electron chi connectivity index (χ3n) is 0.982. The Labute approximate surface area is 55.9 Å². The van der Waals surface area contributed by atoms with E-state index in [0.717, 1.165) is 0 Å². The highest BCUT2D eigenvalue weighted by Gasteiger charge is 2.62. The first-order valence-electron chi connectivity index (χ1n) is 2.29. The lowest BCUT2D eigenvalue weighted by atomic mass is 10.9. The van der Waals surface area contributed by atoms with Gasteiger partial charge < -0.3 is 0 Å². The van der Waals surface area contributed by atoms with Gasteiger partial charge in [-0.2, -0.15) is 0 Å². The summed E-state index contributed by atoms with van der Waals surface area (Å²) in [5.74, 6) is 0. The van der Waals surface area contributed by atoms with Crippen molar-refractivity contribution in [1.82, 2.24) is 0 Å². The van der Waals surface area contributed by atoms with E-state index < -0.39 is 23.3 Å². The molecule has 0 aromatic heterocycles. The van der Waals surface area contributed by atoms with E-state index in [4.69, 9.17) is 0 Å². The predicted octanol–water partition coefficient (Wildman–Crippen LogP) is 2.61. The molecule has 0 radical (unpaired) electrons. The maximum absolute atomic E-state index is 11.4. The Bertz CT molecular complexity index is 97.9. The fraction of sp³-hybridized carbons (Fsp3) is 1.00. The largest absolute Gasteiger partial charge is 0.624 e. The van der Waals surface area contributed by atoms with Gasteiger partial charge in [-0.15, -0.1) is 0 Å². The van der Waals surface area contributed by atoms with Crippen LogP contribution in [0.2, 0.25) is 5.16 Å². The fourth-order valence-electron chi connectivity index (χ4n) is 0.186. The zero-order valence-corrected chi connectivity index (χ0v) is 6.85. The molecule has 0 bridgehead atoms. The van der Waals surface area contributed by atoms with E-state index in [0.29, 0.717) is 0 Å². The van der Waals surface area contributed by atoms with E-state index in [-0.39, 0.29) is 6.92 Å². The van der Waals surface area contributed by atoms with Crippen LogP contribution in [0.25, 0.3) is 0 Å². The molecule has 0 aliphatic heterocycles. The Morgan fingerprint density at radius 1 is 0.800 bits per heavy atom. The third kappa shape index (κ3) is 2.73. The summed E-state index contributed by atoms with van der Waals surface area (Å²) in [6.07, 6.45) is 0. The van der Waals surface area contributed by atoms with Crippen molar-refractivity contribution >= 4 is 18.2 Å². The number of rotatable bonds is 2. The van der Waals surface area contributed by atoms with Gasteiger partial charge in [-0.3, -0.25) is 0 Å². The van der Waals surface area contributed by atoms with Crippen molar-refractivity contribution in [3.8, 4) is 0 Å². The highest BCUT2D eigenvalue weighted by Crippen LogP contribution is 2.36. The molecule has 0 saturated heterocycles. The quantitative estimate of drug-likeness (QED) is 0.363. The Morgan fingerprint density at radius 3 is 1.00 bits per heavy atom. The van der Waals surface area contributed by atoms with Gasteiger partial charge in [-0.25, -0.2) is 24.6 Å². The first-order valence-corrected chi connectivity index (χ1v) is 5.71. The first kappa shape index (κ1) is 10.0. The van der Waals surface area contributed by atoms with Gasteiger partial charge in [0.1, 0.15) is 5.16 Å². The second-order valence-corrected chi connectivity index (χ2v) is 6.28. The molecular formula is C2H4F6Si2. The van der Waals surface area contributed by atoms with Gasteiger partial charge in [0, 0.05) is 0 Å². The van der Waals surface area contributed by atoms with Crippen molar-refractivity contribution in [2.45, 2.75) is 12.1 Å². The molecule has 0 saturated carbocycles. The molecule has 0 unspecified atom stereocenters. The van der Waals surface area contributed by atoms with E-state index in [9.17, 15) is 24.6 Å². The minimum atomic E-state index is -6.46. The van der Waals surface area contributed by atoms with Crippen LogP contribution in [0.4, 0.5) is 24.6 Å². The van der Waals surface area contributed by atoms with Crippen LogP contribution in [0, 0.1) is 0 Å².